The van der Waals surface area contributed by atoms with Crippen LogP contribution >= 0.6 is 0 Å². The Morgan fingerprint density at radius 3 is 2.43 bits per heavy atom. The lowest BCUT2D eigenvalue weighted by molar-refractivity contribution is 0.102. The average molecular weight is 470 g/mol. The first kappa shape index (κ1) is 23.0. The van der Waals surface area contributed by atoms with Crippen molar-refractivity contribution in [3.05, 3.63) is 83.8 Å². The van der Waals surface area contributed by atoms with Gasteiger partial charge in [0.2, 0.25) is 0 Å². The Bertz CT molecular complexity index is 1300. The molecule has 35 heavy (non-hydrogen) atoms. The number of pyridine rings is 1. The van der Waals surface area contributed by atoms with Crippen LogP contribution in [0.3, 0.4) is 0 Å². The van der Waals surface area contributed by atoms with Crippen LogP contribution in [0.4, 0.5) is 11.6 Å². The number of anilines is 2. The Morgan fingerprint density at radius 2 is 1.74 bits per heavy atom. The van der Waals surface area contributed by atoms with Crippen LogP contribution in [0, 0.1) is 0 Å². The normalized spacial score (nSPS) is 14.9. The summed E-state index contributed by atoms with van der Waals surface area (Å²) in [5.41, 5.74) is 3.63. The van der Waals surface area contributed by atoms with Crippen molar-refractivity contribution in [3.63, 3.8) is 0 Å². The van der Waals surface area contributed by atoms with Crippen LogP contribution in [0.15, 0.2) is 67.0 Å². The highest BCUT2D eigenvalue weighted by molar-refractivity contribution is 6.03. The van der Waals surface area contributed by atoms with E-state index in [1.54, 1.807) is 10.7 Å². The number of carbonyl (C=O) groups is 1. The number of benzene rings is 1. The van der Waals surface area contributed by atoms with Gasteiger partial charge in [-0.15, -0.1) is 5.10 Å². The second kappa shape index (κ2) is 9.46. The first-order valence-electron chi connectivity index (χ1n) is 12.0. The number of imidazole rings is 1. The van der Waals surface area contributed by atoms with Crippen molar-refractivity contribution in [1.29, 1.82) is 0 Å². The van der Waals surface area contributed by atoms with Crippen LogP contribution in [0.25, 0.3) is 5.65 Å². The summed E-state index contributed by atoms with van der Waals surface area (Å²) >= 11 is 0. The van der Waals surface area contributed by atoms with Crippen molar-refractivity contribution in [1.82, 2.24) is 24.5 Å². The fraction of sp³-hybridized carbons (Fsp3) is 0.333. The molecule has 1 aromatic carbocycles. The number of rotatable bonds is 5. The third-order valence-corrected chi connectivity index (χ3v) is 6.37. The minimum absolute atomic E-state index is 0.0473. The monoisotopic (exact) mass is 469 g/mol. The molecular weight excluding hydrogens is 438 g/mol. The van der Waals surface area contributed by atoms with Crippen LogP contribution < -0.4 is 10.2 Å². The highest BCUT2D eigenvalue weighted by Crippen LogP contribution is 2.23. The molecule has 8 nitrogen and oxygen atoms in total. The van der Waals surface area contributed by atoms with E-state index in [-0.39, 0.29) is 11.3 Å². The lowest BCUT2D eigenvalue weighted by Gasteiger charge is -2.35. The highest BCUT2D eigenvalue weighted by atomic mass is 16.1. The summed E-state index contributed by atoms with van der Waals surface area (Å²) < 4.78 is 1.73. The zero-order valence-corrected chi connectivity index (χ0v) is 20.5. The molecule has 1 aliphatic rings. The highest BCUT2D eigenvalue weighted by Gasteiger charge is 2.20. The lowest BCUT2D eigenvalue weighted by Crippen LogP contribution is -2.46. The van der Waals surface area contributed by atoms with Gasteiger partial charge in [-0.2, -0.15) is 0 Å². The predicted octanol–water partition coefficient (Wildman–Crippen LogP) is 4.00. The van der Waals surface area contributed by atoms with Gasteiger partial charge in [-0.05, 0) is 47.4 Å². The molecular formula is C27H31N7O. The quantitative estimate of drug-likeness (QED) is 0.476. The first-order chi connectivity index (χ1) is 16.8. The molecule has 3 aromatic heterocycles. The van der Waals surface area contributed by atoms with Gasteiger partial charge in [0.25, 0.3) is 5.91 Å². The minimum atomic E-state index is -0.182. The summed E-state index contributed by atoms with van der Waals surface area (Å²) in [4.78, 5) is 26.4. The molecule has 0 bridgehead atoms. The number of piperazine rings is 1. The molecule has 1 amide bonds. The Kier molecular flexibility index (Phi) is 6.21. The van der Waals surface area contributed by atoms with E-state index in [4.69, 9.17) is 5.10 Å². The van der Waals surface area contributed by atoms with Gasteiger partial charge in [0.05, 0.1) is 11.9 Å². The molecule has 180 valence electrons. The standard InChI is InChI=1S/C27H31N7O/c1-27(2,3)21-9-7-20(8-10-21)26(35)30-23-19-34-24(29-23)11-12-25(31-34)33-16-14-32(15-17-33)18-22-6-4-5-13-28-22/h4-13,19H,14-18H2,1-3H3,(H,30,35). The number of nitrogens with zero attached hydrogens (tertiary/aromatic N) is 6. The van der Waals surface area contributed by atoms with Crippen molar-refractivity contribution in [3.8, 4) is 0 Å². The van der Waals surface area contributed by atoms with E-state index in [0.29, 0.717) is 17.0 Å². The number of hydrogen-bond donors (Lipinski definition) is 1. The molecule has 0 aliphatic carbocycles. The third-order valence-electron chi connectivity index (χ3n) is 6.37. The molecule has 1 aliphatic heterocycles. The van der Waals surface area contributed by atoms with Gasteiger partial charge in [-0.3, -0.25) is 14.7 Å². The van der Waals surface area contributed by atoms with Crippen LogP contribution in [-0.2, 0) is 12.0 Å². The van der Waals surface area contributed by atoms with Crippen molar-refractivity contribution < 1.29 is 4.79 Å². The summed E-state index contributed by atoms with van der Waals surface area (Å²) in [6, 6.07) is 17.7. The second-order valence-electron chi connectivity index (χ2n) is 9.99. The molecule has 1 saturated heterocycles. The topological polar surface area (TPSA) is 78.7 Å². The summed E-state index contributed by atoms with van der Waals surface area (Å²) in [5, 5.41) is 7.64. The van der Waals surface area contributed by atoms with Crippen LogP contribution in [0.1, 0.15) is 42.4 Å². The summed E-state index contributed by atoms with van der Waals surface area (Å²) in [7, 11) is 0. The lowest BCUT2D eigenvalue weighted by atomic mass is 9.87. The van der Waals surface area contributed by atoms with E-state index in [0.717, 1.165) is 44.2 Å². The molecule has 0 saturated carbocycles. The van der Waals surface area contributed by atoms with Crippen molar-refractivity contribution in [2.45, 2.75) is 32.7 Å². The SMILES string of the molecule is CC(C)(C)c1ccc(C(=O)Nc2cn3nc(N4CCN(Cc5ccccn5)CC4)ccc3n2)cc1. The van der Waals surface area contributed by atoms with Crippen molar-refractivity contribution in [2.24, 2.45) is 0 Å². The van der Waals surface area contributed by atoms with E-state index in [2.05, 4.69) is 51.9 Å². The molecule has 0 spiro atoms. The molecule has 1 N–H and O–H groups in total. The number of fused-ring (bicyclic) bond motifs is 1. The molecule has 0 atom stereocenters. The summed E-state index contributed by atoms with van der Waals surface area (Å²) in [5.74, 6) is 1.21. The van der Waals surface area contributed by atoms with Crippen LogP contribution in [-0.4, -0.2) is 56.6 Å². The van der Waals surface area contributed by atoms with E-state index in [9.17, 15) is 4.79 Å². The van der Waals surface area contributed by atoms with E-state index in [1.807, 2.05) is 54.7 Å². The molecule has 1 fully saturated rings. The minimum Gasteiger partial charge on any atom is -0.353 e. The van der Waals surface area contributed by atoms with E-state index < -0.39 is 0 Å². The smallest absolute Gasteiger partial charge is 0.256 e. The Balaban J connectivity index is 1.22. The van der Waals surface area contributed by atoms with Crippen molar-refractivity contribution >= 4 is 23.2 Å². The van der Waals surface area contributed by atoms with Crippen LogP contribution in [0.2, 0.25) is 0 Å². The van der Waals surface area contributed by atoms with Crippen LogP contribution in [0.5, 0.6) is 0 Å². The number of nitrogens with one attached hydrogen (secondary N) is 1. The summed E-state index contributed by atoms with van der Waals surface area (Å²) in [6.45, 7) is 11.0. The van der Waals surface area contributed by atoms with Gasteiger partial charge in [0, 0.05) is 44.5 Å². The molecule has 0 radical (unpaired) electrons. The zero-order chi connectivity index (χ0) is 24.4. The van der Waals surface area contributed by atoms with E-state index >= 15 is 0 Å². The third kappa shape index (κ3) is 5.33. The molecule has 5 rings (SSSR count). The Hall–Kier alpha value is -3.78. The number of hydrogen-bond acceptors (Lipinski definition) is 6. The maximum atomic E-state index is 12.7. The summed E-state index contributed by atoms with van der Waals surface area (Å²) in [6.07, 6.45) is 3.60. The molecule has 8 heteroatoms. The predicted molar refractivity (Wildman–Crippen MR) is 138 cm³/mol. The molecule has 4 aromatic rings. The van der Waals surface area contributed by atoms with Gasteiger partial charge in [0.1, 0.15) is 5.82 Å². The Morgan fingerprint density at radius 1 is 0.971 bits per heavy atom. The van der Waals surface area contributed by atoms with Gasteiger partial charge in [0.15, 0.2) is 11.5 Å². The van der Waals surface area contributed by atoms with Gasteiger partial charge in [-0.25, -0.2) is 9.50 Å². The maximum Gasteiger partial charge on any atom is 0.256 e. The fourth-order valence-electron chi connectivity index (χ4n) is 4.27. The fourth-order valence-corrected chi connectivity index (χ4v) is 4.27. The van der Waals surface area contributed by atoms with Crippen molar-refractivity contribution in [2.75, 3.05) is 36.4 Å². The first-order valence-corrected chi connectivity index (χ1v) is 12.0. The molecule has 0 unspecified atom stereocenters. The second-order valence-corrected chi connectivity index (χ2v) is 9.99. The molecule has 4 heterocycles. The number of amides is 1. The van der Waals surface area contributed by atoms with Gasteiger partial charge < -0.3 is 10.2 Å². The maximum absolute atomic E-state index is 12.7. The van der Waals surface area contributed by atoms with Gasteiger partial charge in [-0.1, -0.05) is 39.0 Å². The Labute approximate surface area is 205 Å². The average Bonchev–Trinajstić information content (AvgIpc) is 3.26. The number of aromatic nitrogens is 4. The largest absolute Gasteiger partial charge is 0.353 e. The van der Waals surface area contributed by atoms with Gasteiger partial charge >= 0.3 is 0 Å². The zero-order valence-electron chi connectivity index (χ0n) is 20.5. The van der Waals surface area contributed by atoms with E-state index in [1.165, 1.54) is 5.56 Å². The number of carbonyl (C=O) groups excluding carboxylic acids is 1.